The van der Waals surface area contributed by atoms with Crippen LogP contribution in [-0.2, 0) is 0 Å². The molecule has 3 heteroatoms. The molecular weight excluding hydrogens is 188 g/mol. The van der Waals surface area contributed by atoms with Gasteiger partial charge >= 0.3 is 0 Å². The third-order valence-corrected chi connectivity index (χ3v) is 5.62. The fourth-order valence-corrected chi connectivity index (χ4v) is 5.12. The molecule has 0 atom stereocenters. The molecule has 0 aromatic carbocycles. The molecule has 2 N–H and O–H groups in total. The van der Waals surface area contributed by atoms with Crippen molar-refractivity contribution in [2.75, 3.05) is 0 Å². The van der Waals surface area contributed by atoms with E-state index in [-0.39, 0.29) is 0 Å². The summed E-state index contributed by atoms with van der Waals surface area (Å²) in [4.78, 5) is 7.67. The lowest BCUT2D eigenvalue weighted by Crippen LogP contribution is -2.52. The molecular formula is C11H24N2Si. The molecule has 0 bridgehead atoms. The summed E-state index contributed by atoms with van der Waals surface area (Å²) >= 11 is 0. The zero-order chi connectivity index (χ0) is 9.80. The summed E-state index contributed by atoms with van der Waals surface area (Å²) in [5.41, 5.74) is 0. The van der Waals surface area contributed by atoms with Gasteiger partial charge in [-0.15, -0.1) is 0 Å². The average Bonchev–Trinajstić information content (AvgIpc) is 2.76. The van der Waals surface area contributed by atoms with E-state index in [0.717, 1.165) is 12.1 Å². The predicted molar refractivity (Wildman–Crippen MR) is 63.8 cm³/mol. The Labute approximate surface area is 89.6 Å². The molecule has 2 fully saturated rings. The number of hydrogen-bond donors (Lipinski definition) is 2. The largest absolute Gasteiger partial charge is 0.325 e. The topological polar surface area (TPSA) is 24.1 Å². The molecule has 2 saturated carbocycles. The van der Waals surface area contributed by atoms with Crippen LogP contribution >= 0.6 is 0 Å². The standard InChI is InChI=1S/C11H24N2Si/c1-14(12-10-6-2-3-7-10)13-11-8-4-5-9-11/h10-14H,2-9H2,1H3. The van der Waals surface area contributed by atoms with Gasteiger partial charge in [0.05, 0.1) is 0 Å². The van der Waals surface area contributed by atoms with E-state index in [2.05, 4.69) is 16.5 Å². The normalized spacial score (nSPS) is 25.3. The van der Waals surface area contributed by atoms with E-state index >= 15 is 0 Å². The summed E-state index contributed by atoms with van der Waals surface area (Å²) in [5.74, 6) is 0. The van der Waals surface area contributed by atoms with Crippen molar-refractivity contribution in [2.24, 2.45) is 0 Å². The molecule has 2 rings (SSSR count). The summed E-state index contributed by atoms with van der Waals surface area (Å²) in [5, 5.41) is 0. The Balaban J connectivity index is 1.64. The molecule has 14 heavy (non-hydrogen) atoms. The van der Waals surface area contributed by atoms with Crippen molar-refractivity contribution >= 4 is 9.12 Å². The van der Waals surface area contributed by atoms with E-state index < -0.39 is 9.12 Å². The van der Waals surface area contributed by atoms with Gasteiger partial charge in [-0.25, -0.2) is 0 Å². The highest BCUT2D eigenvalue weighted by Gasteiger charge is 2.21. The first kappa shape index (κ1) is 10.6. The number of nitrogens with one attached hydrogen (secondary N) is 2. The first-order chi connectivity index (χ1) is 6.84. The van der Waals surface area contributed by atoms with Crippen molar-refractivity contribution in [3.05, 3.63) is 0 Å². The Morgan fingerprint density at radius 1 is 0.786 bits per heavy atom. The first-order valence-corrected chi connectivity index (χ1v) is 8.67. The van der Waals surface area contributed by atoms with Gasteiger partial charge in [-0.1, -0.05) is 25.7 Å². The third kappa shape index (κ3) is 3.07. The lowest BCUT2D eigenvalue weighted by molar-refractivity contribution is 0.592. The van der Waals surface area contributed by atoms with E-state index in [4.69, 9.17) is 0 Å². The second-order valence-electron chi connectivity index (χ2n) is 5.02. The lowest BCUT2D eigenvalue weighted by Gasteiger charge is -2.22. The minimum atomic E-state index is -0.808. The van der Waals surface area contributed by atoms with Crippen LogP contribution in [0.3, 0.4) is 0 Å². The highest BCUT2D eigenvalue weighted by atomic mass is 28.3. The molecule has 0 radical (unpaired) electrons. The summed E-state index contributed by atoms with van der Waals surface area (Å²) < 4.78 is 0. The van der Waals surface area contributed by atoms with Gasteiger partial charge < -0.3 is 9.96 Å². The second-order valence-corrected chi connectivity index (χ2v) is 7.13. The van der Waals surface area contributed by atoms with Crippen molar-refractivity contribution in [3.63, 3.8) is 0 Å². The quantitative estimate of drug-likeness (QED) is 0.696. The molecule has 0 heterocycles. The fourth-order valence-electron chi connectivity index (χ4n) is 2.94. The molecule has 0 unspecified atom stereocenters. The minimum absolute atomic E-state index is 0.808. The first-order valence-electron chi connectivity index (χ1n) is 6.37. The molecule has 0 saturated heterocycles. The van der Waals surface area contributed by atoms with Crippen LogP contribution in [0, 0.1) is 0 Å². The molecule has 0 spiro atoms. The van der Waals surface area contributed by atoms with Crippen LogP contribution in [0.2, 0.25) is 6.55 Å². The Morgan fingerprint density at radius 2 is 1.14 bits per heavy atom. The smallest absolute Gasteiger partial charge is 0.181 e. The van der Waals surface area contributed by atoms with Crippen molar-refractivity contribution in [1.29, 1.82) is 0 Å². The van der Waals surface area contributed by atoms with Crippen molar-refractivity contribution < 1.29 is 0 Å². The van der Waals surface area contributed by atoms with Gasteiger partial charge in [-0.2, -0.15) is 0 Å². The summed E-state index contributed by atoms with van der Waals surface area (Å²) in [7, 11) is -0.808. The van der Waals surface area contributed by atoms with Gasteiger partial charge in [-0.3, -0.25) is 0 Å². The third-order valence-electron chi connectivity index (χ3n) is 3.68. The molecule has 2 aliphatic carbocycles. The van der Waals surface area contributed by atoms with E-state index in [9.17, 15) is 0 Å². The molecule has 82 valence electrons. The van der Waals surface area contributed by atoms with Crippen LogP contribution in [0.15, 0.2) is 0 Å². The second kappa shape index (κ2) is 5.28. The van der Waals surface area contributed by atoms with Crippen LogP contribution in [-0.4, -0.2) is 21.2 Å². The lowest BCUT2D eigenvalue weighted by atomic mass is 10.3. The van der Waals surface area contributed by atoms with Gasteiger partial charge in [0, 0.05) is 12.1 Å². The summed E-state index contributed by atoms with van der Waals surface area (Å²) in [6.45, 7) is 2.41. The fraction of sp³-hybridized carbons (Fsp3) is 1.00. The van der Waals surface area contributed by atoms with Gasteiger partial charge in [-0.05, 0) is 32.2 Å². The van der Waals surface area contributed by atoms with Crippen LogP contribution in [0.1, 0.15) is 51.4 Å². The van der Waals surface area contributed by atoms with Crippen LogP contribution in [0.5, 0.6) is 0 Å². The maximum Gasteiger partial charge on any atom is 0.181 e. The van der Waals surface area contributed by atoms with Crippen LogP contribution in [0.25, 0.3) is 0 Å². The number of hydrogen-bond acceptors (Lipinski definition) is 2. The van der Waals surface area contributed by atoms with E-state index in [1.807, 2.05) is 0 Å². The zero-order valence-electron chi connectivity index (χ0n) is 9.39. The SMILES string of the molecule is C[SiH](NC1CCCC1)NC1CCCC1. The summed E-state index contributed by atoms with van der Waals surface area (Å²) in [6.07, 6.45) is 11.5. The van der Waals surface area contributed by atoms with Gasteiger partial charge in [0.25, 0.3) is 0 Å². The summed E-state index contributed by atoms with van der Waals surface area (Å²) in [6, 6.07) is 1.70. The average molecular weight is 212 g/mol. The number of rotatable bonds is 4. The molecule has 0 aliphatic heterocycles. The monoisotopic (exact) mass is 212 g/mol. The Morgan fingerprint density at radius 3 is 1.50 bits per heavy atom. The Hall–Kier alpha value is 0.137. The molecule has 2 aliphatic rings. The Bertz CT molecular complexity index is 145. The molecule has 0 amide bonds. The van der Waals surface area contributed by atoms with Crippen LogP contribution in [0.4, 0.5) is 0 Å². The predicted octanol–water partition coefficient (Wildman–Crippen LogP) is 1.90. The van der Waals surface area contributed by atoms with E-state index in [1.54, 1.807) is 0 Å². The maximum atomic E-state index is 3.83. The van der Waals surface area contributed by atoms with E-state index in [0.29, 0.717) is 0 Å². The highest BCUT2D eigenvalue weighted by molar-refractivity contribution is 6.51. The maximum absolute atomic E-state index is 3.83. The molecule has 0 aromatic rings. The van der Waals surface area contributed by atoms with E-state index in [1.165, 1.54) is 51.4 Å². The van der Waals surface area contributed by atoms with Gasteiger partial charge in [0.15, 0.2) is 9.12 Å². The highest BCUT2D eigenvalue weighted by Crippen LogP contribution is 2.19. The minimum Gasteiger partial charge on any atom is -0.325 e. The van der Waals surface area contributed by atoms with Gasteiger partial charge in [0.2, 0.25) is 0 Å². The Kier molecular flexibility index (Phi) is 4.02. The van der Waals surface area contributed by atoms with Crippen LogP contribution < -0.4 is 9.96 Å². The molecule has 0 aromatic heterocycles. The van der Waals surface area contributed by atoms with Crippen molar-refractivity contribution in [1.82, 2.24) is 9.96 Å². The van der Waals surface area contributed by atoms with Crippen molar-refractivity contribution in [3.8, 4) is 0 Å². The van der Waals surface area contributed by atoms with Gasteiger partial charge in [0.1, 0.15) is 0 Å². The molecule has 2 nitrogen and oxygen atoms in total. The van der Waals surface area contributed by atoms with Crippen molar-refractivity contribution in [2.45, 2.75) is 70.0 Å². The zero-order valence-corrected chi connectivity index (χ0v) is 10.5.